The lowest BCUT2D eigenvalue weighted by molar-refractivity contribution is -0.139. The number of hydrogen-bond acceptors (Lipinski definition) is 3. The van der Waals surface area contributed by atoms with Gasteiger partial charge >= 0.3 is 5.97 Å². The number of aliphatic carboxylic acids is 1. The van der Waals surface area contributed by atoms with Crippen molar-refractivity contribution < 1.29 is 9.90 Å². The van der Waals surface area contributed by atoms with Crippen LogP contribution in [0.15, 0.2) is 0 Å². The average Bonchev–Trinajstić information content (AvgIpc) is 2.53. The Bertz CT molecular complexity index is 219. The lowest BCUT2D eigenvalue weighted by atomic mass is 10.0. The van der Waals surface area contributed by atoms with Gasteiger partial charge in [0.15, 0.2) is 0 Å². The molecule has 0 radical (unpaired) electrons. The highest BCUT2D eigenvalue weighted by Gasteiger charge is 2.27. The number of hydrogen-bond donors (Lipinski definition) is 1. The van der Waals surface area contributed by atoms with Gasteiger partial charge in [-0.3, -0.25) is 9.69 Å². The number of nitrogens with zero attached hydrogens (tertiary/aromatic N) is 1. The zero-order chi connectivity index (χ0) is 11.5. The van der Waals surface area contributed by atoms with Gasteiger partial charge < -0.3 is 5.11 Å². The minimum Gasteiger partial charge on any atom is -0.480 e. The molecule has 88 valence electrons. The van der Waals surface area contributed by atoms with Gasteiger partial charge in [-0.05, 0) is 44.6 Å². The van der Waals surface area contributed by atoms with Crippen molar-refractivity contribution in [1.29, 1.82) is 0 Å². The largest absolute Gasteiger partial charge is 0.480 e. The standard InChI is InChI=1S/C11H21NO2S/c1-11(2,3)12(7-10(13)14)6-9-4-5-15-8-9/h9H,4-8H2,1-3H3,(H,13,14). The fourth-order valence-electron chi connectivity index (χ4n) is 1.78. The summed E-state index contributed by atoms with van der Waals surface area (Å²) in [6, 6.07) is 0. The lowest BCUT2D eigenvalue weighted by Gasteiger charge is -2.36. The second-order valence-corrected chi connectivity index (χ2v) is 6.32. The molecule has 0 aromatic heterocycles. The summed E-state index contributed by atoms with van der Waals surface area (Å²) in [5, 5.41) is 8.87. The molecule has 15 heavy (non-hydrogen) atoms. The van der Waals surface area contributed by atoms with E-state index < -0.39 is 5.97 Å². The lowest BCUT2D eigenvalue weighted by Crippen LogP contribution is -2.46. The van der Waals surface area contributed by atoms with Crippen molar-refractivity contribution in [3.63, 3.8) is 0 Å². The number of rotatable bonds is 4. The molecule has 1 fully saturated rings. The van der Waals surface area contributed by atoms with E-state index in [0.29, 0.717) is 5.92 Å². The molecule has 1 rings (SSSR count). The van der Waals surface area contributed by atoms with E-state index in [0.717, 1.165) is 6.54 Å². The van der Waals surface area contributed by atoms with Crippen LogP contribution in [-0.2, 0) is 4.79 Å². The van der Waals surface area contributed by atoms with Crippen molar-refractivity contribution in [1.82, 2.24) is 4.90 Å². The Hall–Kier alpha value is -0.220. The molecule has 1 atom stereocenters. The molecule has 1 N–H and O–H groups in total. The van der Waals surface area contributed by atoms with Gasteiger partial charge in [0.1, 0.15) is 0 Å². The predicted octanol–water partition coefficient (Wildman–Crippen LogP) is 1.92. The van der Waals surface area contributed by atoms with Crippen LogP contribution in [0.1, 0.15) is 27.2 Å². The molecule has 1 aliphatic rings. The zero-order valence-electron chi connectivity index (χ0n) is 9.82. The Kier molecular flexibility index (Phi) is 4.46. The average molecular weight is 231 g/mol. The molecule has 0 bridgehead atoms. The van der Waals surface area contributed by atoms with Crippen LogP contribution in [-0.4, -0.2) is 46.1 Å². The molecule has 0 aromatic carbocycles. The summed E-state index contributed by atoms with van der Waals surface area (Å²) >= 11 is 1.98. The van der Waals surface area contributed by atoms with Crippen LogP contribution in [0.25, 0.3) is 0 Å². The first kappa shape index (κ1) is 12.8. The van der Waals surface area contributed by atoms with Crippen molar-refractivity contribution in [2.45, 2.75) is 32.7 Å². The third kappa shape index (κ3) is 4.43. The molecule has 1 saturated heterocycles. The zero-order valence-corrected chi connectivity index (χ0v) is 10.6. The fraction of sp³-hybridized carbons (Fsp3) is 0.909. The van der Waals surface area contributed by atoms with Crippen molar-refractivity contribution >= 4 is 17.7 Å². The highest BCUT2D eigenvalue weighted by molar-refractivity contribution is 7.99. The van der Waals surface area contributed by atoms with Gasteiger partial charge in [-0.25, -0.2) is 0 Å². The first-order chi connectivity index (χ1) is 6.89. The molecule has 4 heteroatoms. The van der Waals surface area contributed by atoms with Gasteiger partial charge in [-0.2, -0.15) is 11.8 Å². The monoisotopic (exact) mass is 231 g/mol. The van der Waals surface area contributed by atoms with Gasteiger partial charge in [-0.15, -0.1) is 0 Å². The Morgan fingerprint density at radius 2 is 2.20 bits per heavy atom. The topological polar surface area (TPSA) is 40.5 Å². The van der Waals surface area contributed by atoms with Crippen LogP contribution < -0.4 is 0 Å². The molecule has 0 spiro atoms. The number of thioether (sulfide) groups is 1. The summed E-state index contributed by atoms with van der Waals surface area (Å²) in [4.78, 5) is 12.9. The van der Waals surface area contributed by atoms with E-state index in [9.17, 15) is 4.79 Å². The maximum atomic E-state index is 10.8. The number of carbonyl (C=O) groups is 1. The Morgan fingerprint density at radius 1 is 1.53 bits per heavy atom. The van der Waals surface area contributed by atoms with E-state index in [-0.39, 0.29) is 12.1 Å². The van der Waals surface area contributed by atoms with E-state index in [4.69, 9.17) is 5.11 Å². The Morgan fingerprint density at radius 3 is 2.60 bits per heavy atom. The first-order valence-electron chi connectivity index (χ1n) is 5.44. The smallest absolute Gasteiger partial charge is 0.317 e. The van der Waals surface area contributed by atoms with Crippen LogP contribution in [0.4, 0.5) is 0 Å². The second-order valence-electron chi connectivity index (χ2n) is 5.17. The molecule has 0 amide bonds. The molecule has 1 heterocycles. The van der Waals surface area contributed by atoms with Crippen LogP contribution in [0.5, 0.6) is 0 Å². The van der Waals surface area contributed by atoms with Crippen LogP contribution in [0.2, 0.25) is 0 Å². The summed E-state index contributed by atoms with van der Waals surface area (Å²) in [7, 11) is 0. The minimum atomic E-state index is -0.726. The van der Waals surface area contributed by atoms with E-state index in [1.807, 2.05) is 11.8 Å². The quantitative estimate of drug-likeness (QED) is 0.802. The highest BCUT2D eigenvalue weighted by atomic mass is 32.2. The maximum absolute atomic E-state index is 10.8. The van der Waals surface area contributed by atoms with Gasteiger partial charge in [0.2, 0.25) is 0 Å². The van der Waals surface area contributed by atoms with Crippen molar-refractivity contribution in [3.05, 3.63) is 0 Å². The third-order valence-electron chi connectivity index (χ3n) is 2.78. The minimum absolute atomic E-state index is 0.0500. The van der Waals surface area contributed by atoms with Crippen molar-refractivity contribution in [2.24, 2.45) is 5.92 Å². The Balaban J connectivity index is 2.51. The second kappa shape index (κ2) is 5.21. The number of carboxylic acids is 1. The van der Waals surface area contributed by atoms with E-state index >= 15 is 0 Å². The molecule has 0 aromatic rings. The molecule has 0 aliphatic carbocycles. The summed E-state index contributed by atoms with van der Waals surface area (Å²) in [6.07, 6.45) is 1.23. The van der Waals surface area contributed by atoms with Crippen molar-refractivity contribution in [3.8, 4) is 0 Å². The molecule has 1 aliphatic heterocycles. The van der Waals surface area contributed by atoms with Crippen LogP contribution >= 0.6 is 11.8 Å². The van der Waals surface area contributed by atoms with Gasteiger partial charge in [0.25, 0.3) is 0 Å². The van der Waals surface area contributed by atoms with E-state index in [1.54, 1.807) is 0 Å². The van der Waals surface area contributed by atoms with Gasteiger partial charge in [0, 0.05) is 12.1 Å². The number of carboxylic acid groups (broad SMARTS) is 1. The summed E-state index contributed by atoms with van der Waals surface area (Å²) < 4.78 is 0. The van der Waals surface area contributed by atoms with Crippen LogP contribution in [0, 0.1) is 5.92 Å². The molecular formula is C11H21NO2S. The summed E-state index contributed by atoms with van der Waals surface area (Å²) in [6.45, 7) is 7.32. The van der Waals surface area contributed by atoms with Gasteiger partial charge in [-0.1, -0.05) is 0 Å². The van der Waals surface area contributed by atoms with Crippen molar-refractivity contribution in [2.75, 3.05) is 24.6 Å². The third-order valence-corrected chi connectivity index (χ3v) is 4.01. The molecule has 1 unspecified atom stereocenters. The molecule has 0 saturated carbocycles. The van der Waals surface area contributed by atoms with Crippen LogP contribution in [0.3, 0.4) is 0 Å². The fourth-order valence-corrected chi connectivity index (χ4v) is 3.05. The molecular weight excluding hydrogens is 210 g/mol. The Labute approximate surface area is 96.2 Å². The maximum Gasteiger partial charge on any atom is 0.317 e. The van der Waals surface area contributed by atoms with Gasteiger partial charge in [0.05, 0.1) is 6.54 Å². The first-order valence-corrected chi connectivity index (χ1v) is 6.59. The SMILES string of the molecule is CC(C)(C)N(CC(=O)O)CC1CCSC1. The normalized spacial score (nSPS) is 22.3. The highest BCUT2D eigenvalue weighted by Crippen LogP contribution is 2.26. The van der Waals surface area contributed by atoms with E-state index in [1.165, 1.54) is 17.9 Å². The molecule has 3 nitrogen and oxygen atoms in total. The summed E-state index contributed by atoms with van der Waals surface area (Å²) in [5.41, 5.74) is -0.0500. The van der Waals surface area contributed by atoms with E-state index in [2.05, 4.69) is 25.7 Å². The summed E-state index contributed by atoms with van der Waals surface area (Å²) in [5.74, 6) is 2.37. The predicted molar refractivity (Wildman–Crippen MR) is 64.4 cm³/mol.